The lowest BCUT2D eigenvalue weighted by Crippen LogP contribution is -2.60. The zero-order valence-electron chi connectivity index (χ0n) is 17.5. The Kier molecular flexibility index (Phi) is 4.63. The highest BCUT2D eigenvalue weighted by atomic mass is 35.5. The van der Waals surface area contributed by atoms with Crippen LogP contribution in [0.2, 0.25) is 10.3 Å². The molecule has 3 aromatic rings. The summed E-state index contributed by atoms with van der Waals surface area (Å²) in [6, 6.07) is 9.56. The largest absolute Gasteiger partial charge is 0.309 e. The molecule has 4 aliphatic carbocycles. The van der Waals surface area contributed by atoms with E-state index < -0.39 is 0 Å². The molecular formula is C23H24Cl2N6O. The van der Waals surface area contributed by atoms with Crippen molar-refractivity contribution >= 4 is 34.9 Å². The van der Waals surface area contributed by atoms with Crippen LogP contribution in [0.1, 0.15) is 44.1 Å². The van der Waals surface area contributed by atoms with E-state index in [4.69, 9.17) is 23.2 Å². The summed E-state index contributed by atoms with van der Waals surface area (Å²) >= 11 is 12.0. The van der Waals surface area contributed by atoms with Gasteiger partial charge in [-0.3, -0.25) is 9.48 Å². The molecule has 0 aliphatic heterocycles. The summed E-state index contributed by atoms with van der Waals surface area (Å²) in [5.74, 6) is 1.75. The number of hydrogen-bond donors (Lipinski definition) is 1. The minimum absolute atomic E-state index is 0.0823. The number of aromatic nitrogens is 5. The van der Waals surface area contributed by atoms with Crippen molar-refractivity contribution in [1.29, 1.82) is 0 Å². The van der Waals surface area contributed by atoms with Gasteiger partial charge in [-0.2, -0.15) is 5.10 Å². The van der Waals surface area contributed by atoms with Crippen molar-refractivity contribution in [2.45, 2.75) is 50.6 Å². The van der Waals surface area contributed by atoms with Gasteiger partial charge in [-0.15, -0.1) is 5.10 Å². The predicted octanol–water partition coefficient (Wildman–Crippen LogP) is 4.76. The Morgan fingerprint density at radius 1 is 1.06 bits per heavy atom. The first-order valence-electron chi connectivity index (χ1n) is 11.1. The Bertz CT molecular complexity index is 1160. The maximum Gasteiger partial charge on any atom is 0.242 e. The lowest BCUT2D eigenvalue weighted by molar-refractivity contribution is -0.150. The van der Waals surface area contributed by atoms with E-state index in [2.05, 4.69) is 20.5 Å². The first kappa shape index (κ1) is 20.2. The molecule has 2 heterocycles. The van der Waals surface area contributed by atoms with Crippen molar-refractivity contribution in [3.05, 3.63) is 58.7 Å². The van der Waals surface area contributed by atoms with Crippen LogP contribution in [0.3, 0.4) is 0 Å². The average molecular weight is 471 g/mol. The van der Waals surface area contributed by atoms with E-state index in [1.807, 2.05) is 45.9 Å². The molecule has 4 saturated carbocycles. The lowest BCUT2D eigenvalue weighted by Gasteiger charge is -2.60. The molecular weight excluding hydrogens is 447 g/mol. The molecule has 166 valence electrons. The van der Waals surface area contributed by atoms with E-state index in [0.717, 1.165) is 37.7 Å². The molecule has 2 atom stereocenters. The van der Waals surface area contributed by atoms with Crippen LogP contribution in [0.4, 0.5) is 5.82 Å². The molecule has 7 nitrogen and oxygen atoms in total. The third-order valence-electron chi connectivity index (χ3n) is 7.60. The lowest BCUT2D eigenvalue weighted by atomic mass is 9.46. The van der Waals surface area contributed by atoms with E-state index in [0.29, 0.717) is 29.2 Å². The minimum atomic E-state index is -0.386. The molecule has 7 rings (SSSR count). The van der Waals surface area contributed by atoms with Crippen LogP contribution in [0.25, 0.3) is 0 Å². The molecule has 0 saturated heterocycles. The van der Waals surface area contributed by atoms with Crippen LogP contribution >= 0.6 is 23.2 Å². The first-order chi connectivity index (χ1) is 15.4. The highest BCUT2D eigenvalue weighted by molar-refractivity contribution is 6.30. The van der Waals surface area contributed by atoms with Gasteiger partial charge in [0, 0.05) is 17.3 Å². The van der Waals surface area contributed by atoms with Gasteiger partial charge >= 0.3 is 0 Å². The van der Waals surface area contributed by atoms with Gasteiger partial charge in [0.2, 0.25) is 11.2 Å². The van der Waals surface area contributed by atoms with E-state index >= 15 is 0 Å². The van der Waals surface area contributed by atoms with Gasteiger partial charge in [0.1, 0.15) is 6.33 Å². The molecule has 32 heavy (non-hydrogen) atoms. The number of rotatable bonds is 5. The van der Waals surface area contributed by atoms with E-state index in [1.54, 1.807) is 6.33 Å². The van der Waals surface area contributed by atoms with Gasteiger partial charge in [0.15, 0.2) is 5.82 Å². The maximum atomic E-state index is 13.6. The quantitative estimate of drug-likeness (QED) is 0.582. The number of benzene rings is 1. The summed E-state index contributed by atoms with van der Waals surface area (Å²) in [5, 5.41) is 13.1. The number of hydrogen-bond acceptors (Lipinski definition) is 4. The first-order valence-corrected chi connectivity index (χ1v) is 11.8. The van der Waals surface area contributed by atoms with Gasteiger partial charge in [-0.25, -0.2) is 9.67 Å². The number of amides is 1. The standard InChI is InChI=1S/C23H24Cl2N6O/c24-18-3-1-15(2-4-18)12-30-6-5-19(28-30)27-20(32)22-8-16-7-17(9-22)11-23(10-16,13-22)31-14-26-21(25)29-31/h1-6,14,16-17H,7-13H2,(H,27,28,32). The number of anilines is 1. The van der Waals surface area contributed by atoms with Gasteiger partial charge in [0.05, 0.1) is 17.5 Å². The Labute approximate surface area is 196 Å². The maximum absolute atomic E-state index is 13.6. The summed E-state index contributed by atoms with van der Waals surface area (Å²) < 4.78 is 3.77. The Morgan fingerprint density at radius 3 is 2.50 bits per heavy atom. The number of carbonyl (C=O) groups is 1. The van der Waals surface area contributed by atoms with Crippen LogP contribution in [0, 0.1) is 17.3 Å². The zero-order valence-corrected chi connectivity index (χ0v) is 19.1. The molecule has 4 fully saturated rings. The molecule has 1 aromatic carbocycles. The van der Waals surface area contributed by atoms with Crippen LogP contribution < -0.4 is 5.32 Å². The summed E-state index contributed by atoms with van der Waals surface area (Å²) in [6.07, 6.45) is 9.58. The van der Waals surface area contributed by atoms with Gasteiger partial charge in [0.25, 0.3) is 0 Å². The summed E-state index contributed by atoms with van der Waals surface area (Å²) in [5.41, 5.74) is 0.558. The van der Waals surface area contributed by atoms with E-state index in [1.165, 1.54) is 6.42 Å². The average Bonchev–Trinajstić information content (AvgIpc) is 3.38. The summed E-state index contributed by atoms with van der Waals surface area (Å²) in [4.78, 5) is 17.8. The molecule has 2 unspecified atom stereocenters. The van der Waals surface area contributed by atoms with Crippen molar-refractivity contribution < 1.29 is 4.79 Å². The monoisotopic (exact) mass is 470 g/mol. The fraction of sp³-hybridized carbons (Fsp3) is 0.478. The van der Waals surface area contributed by atoms with Crippen molar-refractivity contribution in [2.24, 2.45) is 17.3 Å². The van der Waals surface area contributed by atoms with E-state index in [-0.39, 0.29) is 22.1 Å². The smallest absolute Gasteiger partial charge is 0.242 e. The third-order valence-corrected chi connectivity index (χ3v) is 8.03. The van der Waals surface area contributed by atoms with Crippen LogP contribution in [0.15, 0.2) is 42.9 Å². The Hall–Kier alpha value is -2.38. The zero-order chi connectivity index (χ0) is 21.9. The van der Waals surface area contributed by atoms with Gasteiger partial charge in [-0.05, 0) is 79.7 Å². The molecule has 4 aliphatic rings. The molecule has 1 amide bonds. The van der Waals surface area contributed by atoms with E-state index in [9.17, 15) is 4.79 Å². The third kappa shape index (κ3) is 3.42. The van der Waals surface area contributed by atoms with Crippen LogP contribution in [0.5, 0.6) is 0 Å². The topological polar surface area (TPSA) is 77.6 Å². The van der Waals surface area contributed by atoms with Crippen molar-refractivity contribution in [2.75, 3.05) is 5.32 Å². The van der Waals surface area contributed by atoms with Crippen LogP contribution in [-0.2, 0) is 16.9 Å². The summed E-state index contributed by atoms with van der Waals surface area (Å²) in [7, 11) is 0. The number of halogens is 2. The summed E-state index contributed by atoms with van der Waals surface area (Å²) in [6.45, 7) is 0.624. The van der Waals surface area contributed by atoms with Crippen molar-refractivity contribution in [3.8, 4) is 0 Å². The fourth-order valence-electron chi connectivity index (χ4n) is 6.76. The second-order valence-corrected chi connectivity index (χ2v) is 10.7. The number of nitrogens with zero attached hydrogens (tertiary/aromatic N) is 5. The SMILES string of the molecule is O=C(Nc1ccn(Cc2ccc(Cl)cc2)n1)C12CC3CC(C1)CC(n1cnc(Cl)n1)(C3)C2. The molecule has 0 radical (unpaired) electrons. The Balaban J connectivity index is 1.21. The second-order valence-electron chi connectivity index (χ2n) is 9.90. The predicted molar refractivity (Wildman–Crippen MR) is 122 cm³/mol. The van der Waals surface area contributed by atoms with Crippen LogP contribution in [-0.4, -0.2) is 30.5 Å². The minimum Gasteiger partial charge on any atom is -0.309 e. The van der Waals surface area contributed by atoms with Gasteiger partial charge < -0.3 is 5.32 Å². The van der Waals surface area contributed by atoms with Gasteiger partial charge in [-0.1, -0.05) is 23.7 Å². The highest BCUT2D eigenvalue weighted by Crippen LogP contribution is 2.64. The molecule has 1 N–H and O–H groups in total. The van der Waals surface area contributed by atoms with Crippen molar-refractivity contribution in [3.63, 3.8) is 0 Å². The molecule has 9 heteroatoms. The fourth-order valence-corrected chi connectivity index (χ4v) is 7.01. The molecule has 0 spiro atoms. The Morgan fingerprint density at radius 2 is 1.81 bits per heavy atom. The highest BCUT2D eigenvalue weighted by Gasteiger charge is 2.61. The number of nitrogens with one attached hydrogen (secondary N) is 1. The second kappa shape index (κ2) is 7.32. The normalized spacial score (nSPS) is 30.6. The molecule has 4 bridgehead atoms. The van der Waals surface area contributed by atoms with Crippen molar-refractivity contribution in [1.82, 2.24) is 24.5 Å². The molecule has 2 aromatic heterocycles. The number of carbonyl (C=O) groups excluding carboxylic acids is 1.